The van der Waals surface area contributed by atoms with E-state index >= 15 is 0 Å². The molecule has 0 unspecified atom stereocenters. The fourth-order valence-electron chi connectivity index (χ4n) is 0.437. The Morgan fingerprint density at radius 2 is 1.44 bits per heavy atom. The molecule has 0 radical (unpaired) electrons. The van der Waals surface area contributed by atoms with Gasteiger partial charge in [0.2, 0.25) is 0 Å². The minimum atomic E-state index is 1.09. The summed E-state index contributed by atoms with van der Waals surface area (Å²) >= 11 is 3.35. The van der Waals surface area contributed by atoms with Crippen molar-refractivity contribution in [2.24, 2.45) is 0 Å². The average Bonchev–Trinajstić information content (AvgIpc) is 1.89. The Labute approximate surface area is 65.8 Å². The molecule has 0 aromatic rings. The molecular weight excluding hydrogens is 152 g/mol. The summed E-state index contributed by atoms with van der Waals surface area (Å²) in [5.41, 5.74) is 0. The summed E-state index contributed by atoms with van der Waals surface area (Å²) in [6.45, 7) is 2.18. The largest absolute Gasteiger partial charge is 0.264 e. The molecule has 0 aliphatic rings. The van der Waals surface area contributed by atoms with Crippen LogP contribution in [0.5, 0.6) is 0 Å². The highest BCUT2D eigenvalue weighted by atomic mass is 32.2. The summed E-state index contributed by atoms with van der Waals surface area (Å²) in [5.74, 6) is 0. The molecule has 0 spiro atoms. The lowest BCUT2D eigenvalue weighted by atomic mass is 10.4. The first-order valence-electron chi connectivity index (χ1n) is 2.93. The molecule has 56 valence electrons. The van der Waals surface area contributed by atoms with E-state index in [-0.39, 0.29) is 0 Å². The van der Waals surface area contributed by atoms with Crippen LogP contribution in [0, 0.1) is 0 Å². The lowest BCUT2D eigenvalue weighted by molar-refractivity contribution is 0.782. The van der Waals surface area contributed by atoms with Crippen molar-refractivity contribution in [1.29, 1.82) is 0 Å². The minimum Gasteiger partial charge on any atom is -0.264 e. The quantitative estimate of drug-likeness (QED) is 0.456. The van der Waals surface area contributed by atoms with Gasteiger partial charge in [-0.05, 0) is 18.9 Å². The van der Waals surface area contributed by atoms with Gasteiger partial charge in [0, 0.05) is 13.1 Å². The van der Waals surface area contributed by atoms with Crippen LogP contribution in [0.3, 0.4) is 0 Å². The molecule has 0 fully saturated rings. The molecule has 0 saturated heterocycles. The summed E-state index contributed by atoms with van der Waals surface area (Å²) in [6.07, 6.45) is 5.28. The van der Waals surface area contributed by atoms with Crippen LogP contribution in [0.25, 0.3) is 0 Å². The van der Waals surface area contributed by atoms with E-state index in [1.54, 1.807) is 23.9 Å². The number of hydrogen-bond donors (Lipinski definition) is 2. The second kappa shape index (κ2) is 8.62. The van der Waals surface area contributed by atoms with Crippen LogP contribution in [-0.2, 0) is 0 Å². The molecule has 0 aromatic carbocycles. The van der Waals surface area contributed by atoms with E-state index in [9.17, 15) is 0 Å². The highest BCUT2D eigenvalue weighted by molar-refractivity contribution is 7.96. The first-order chi connectivity index (χ1) is 4.41. The Morgan fingerprint density at radius 3 is 1.78 bits per heavy atom. The Bertz CT molecular complexity index is 46.2. The second-order valence-electron chi connectivity index (χ2n) is 1.55. The topological polar surface area (TPSA) is 24.1 Å². The predicted octanol–water partition coefficient (Wildman–Crippen LogP) is 1.11. The Morgan fingerprint density at radius 1 is 1.00 bits per heavy atom. The van der Waals surface area contributed by atoms with E-state index in [0.29, 0.717) is 0 Å². The van der Waals surface area contributed by atoms with E-state index in [1.165, 1.54) is 6.42 Å². The van der Waals surface area contributed by atoms with Crippen molar-refractivity contribution >= 4 is 23.9 Å². The molecule has 0 heterocycles. The van der Waals surface area contributed by atoms with Crippen LogP contribution in [0.1, 0.15) is 6.42 Å². The van der Waals surface area contributed by atoms with Crippen LogP contribution < -0.4 is 9.44 Å². The van der Waals surface area contributed by atoms with Crippen LogP contribution in [0.4, 0.5) is 0 Å². The van der Waals surface area contributed by atoms with Crippen molar-refractivity contribution in [3.8, 4) is 0 Å². The lowest BCUT2D eigenvalue weighted by Crippen LogP contribution is -2.12. The van der Waals surface area contributed by atoms with E-state index in [4.69, 9.17) is 0 Å². The standard InChI is InChI=1S/C5H14N2S2/c1-8-6-4-3-5-7-9-2/h6-7H,3-5H2,1-2H3. The maximum atomic E-state index is 3.17. The molecule has 2 nitrogen and oxygen atoms in total. The maximum Gasteiger partial charge on any atom is 0.00708 e. The first kappa shape index (κ1) is 9.62. The van der Waals surface area contributed by atoms with Gasteiger partial charge in [0.15, 0.2) is 0 Å². The van der Waals surface area contributed by atoms with Gasteiger partial charge in [-0.1, -0.05) is 23.9 Å². The van der Waals surface area contributed by atoms with E-state index in [2.05, 4.69) is 9.44 Å². The fourth-order valence-corrected chi connectivity index (χ4v) is 1.13. The summed E-state index contributed by atoms with van der Waals surface area (Å²) in [7, 11) is 0. The highest BCUT2D eigenvalue weighted by Crippen LogP contribution is 1.85. The van der Waals surface area contributed by atoms with Crippen LogP contribution in [-0.4, -0.2) is 25.6 Å². The molecule has 0 bridgehead atoms. The zero-order valence-corrected chi connectivity index (χ0v) is 7.57. The molecule has 4 heteroatoms. The molecule has 0 rings (SSSR count). The highest BCUT2D eigenvalue weighted by Gasteiger charge is 1.83. The van der Waals surface area contributed by atoms with Gasteiger partial charge in [0.25, 0.3) is 0 Å². The van der Waals surface area contributed by atoms with Crippen LogP contribution in [0.2, 0.25) is 0 Å². The Kier molecular flexibility index (Phi) is 9.21. The monoisotopic (exact) mass is 166 g/mol. The SMILES string of the molecule is CSNCCCNSC. The number of nitrogens with one attached hydrogen (secondary N) is 2. The van der Waals surface area contributed by atoms with Crippen molar-refractivity contribution in [3.05, 3.63) is 0 Å². The molecule has 2 N–H and O–H groups in total. The number of hydrogen-bond acceptors (Lipinski definition) is 4. The Hall–Kier alpha value is 0.620. The lowest BCUT2D eigenvalue weighted by Gasteiger charge is -1.99. The smallest absolute Gasteiger partial charge is 0.00708 e. The summed E-state index contributed by atoms with van der Waals surface area (Å²) in [4.78, 5) is 0. The summed E-state index contributed by atoms with van der Waals surface area (Å²) in [6, 6.07) is 0. The van der Waals surface area contributed by atoms with E-state index in [1.807, 2.05) is 12.5 Å². The molecule has 0 atom stereocenters. The molecule has 0 aliphatic carbocycles. The molecular formula is C5H14N2S2. The van der Waals surface area contributed by atoms with Crippen LogP contribution >= 0.6 is 23.9 Å². The molecule has 9 heavy (non-hydrogen) atoms. The first-order valence-corrected chi connectivity index (χ1v) is 5.38. The zero-order chi connectivity index (χ0) is 6.95. The third kappa shape index (κ3) is 8.62. The van der Waals surface area contributed by atoms with Crippen molar-refractivity contribution in [1.82, 2.24) is 9.44 Å². The third-order valence-electron chi connectivity index (χ3n) is 0.846. The summed E-state index contributed by atoms with van der Waals surface area (Å²) < 4.78 is 6.35. The summed E-state index contributed by atoms with van der Waals surface area (Å²) in [5, 5.41) is 0. The van der Waals surface area contributed by atoms with Crippen molar-refractivity contribution in [2.75, 3.05) is 25.6 Å². The van der Waals surface area contributed by atoms with Crippen molar-refractivity contribution < 1.29 is 0 Å². The van der Waals surface area contributed by atoms with Crippen LogP contribution in [0.15, 0.2) is 0 Å². The molecule has 0 aliphatic heterocycles. The van der Waals surface area contributed by atoms with E-state index in [0.717, 1.165) is 13.1 Å². The second-order valence-corrected chi connectivity index (χ2v) is 2.94. The van der Waals surface area contributed by atoms with Gasteiger partial charge in [-0.15, -0.1) is 0 Å². The average molecular weight is 166 g/mol. The van der Waals surface area contributed by atoms with Gasteiger partial charge in [-0.2, -0.15) is 0 Å². The van der Waals surface area contributed by atoms with Gasteiger partial charge in [0.05, 0.1) is 0 Å². The minimum absolute atomic E-state index is 1.09. The van der Waals surface area contributed by atoms with E-state index < -0.39 is 0 Å². The molecule has 0 amide bonds. The zero-order valence-electron chi connectivity index (χ0n) is 5.94. The van der Waals surface area contributed by atoms with Crippen molar-refractivity contribution in [3.63, 3.8) is 0 Å². The molecule has 0 saturated carbocycles. The number of rotatable bonds is 6. The van der Waals surface area contributed by atoms with Gasteiger partial charge >= 0.3 is 0 Å². The van der Waals surface area contributed by atoms with Gasteiger partial charge in [0.1, 0.15) is 0 Å². The maximum absolute atomic E-state index is 3.17. The van der Waals surface area contributed by atoms with Crippen molar-refractivity contribution in [2.45, 2.75) is 6.42 Å². The third-order valence-corrected chi connectivity index (χ3v) is 1.83. The van der Waals surface area contributed by atoms with Gasteiger partial charge in [-0.25, -0.2) is 0 Å². The van der Waals surface area contributed by atoms with Gasteiger partial charge in [-0.3, -0.25) is 9.44 Å². The molecule has 0 aromatic heterocycles. The normalized spacial score (nSPS) is 10.0. The Balaban J connectivity index is 2.60. The fraction of sp³-hybridized carbons (Fsp3) is 1.00. The predicted molar refractivity (Wildman–Crippen MR) is 47.7 cm³/mol. The van der Waals surface area contributed by atoms with Gasteiger partial charge < -0.3 is 0 Å².